The number of carbonyl (C=O) groups excluding carboxylic acids is 1. The lowest BCUT2D eigenvalue weighted by Gasteiger charge is -2.57. The van der Waals surface area contributed by atoms with E-state index in [-0.39, 0.29) is 28.5 Å². The molecule has 0 radical (unpaired) electrons. The number of aromatic nitrogens is 1. The zero-order valence-corrected chi connectivity index (χ0v) is 24.8. The van der Waals surface area contributed by atoms with E-state index in [0.717, 1.165) is 48.7 Å². The molecule has 4 nitrogen and oxygen atoms in total. The number of aliphatic hydroxyl groups is 1. The van der Waals surface area contributed by atoms with Crippen molar-refractivity contribution >= 4 is 33.5 Å². The van der Waals surface area contributed by atoms with Gasteiger partial charge in [-0.05, 0) is 104 Å². The Morgan fingerprint density at radius 3 is 2.63 bits per heavy atom. The fraction of sp³-hybridized carbons (Fsp3) is 0.531. The minimum absolute atomic E-state index is 0.0332. The highest BCUT2D eigenvalue weighted by molar-refractivity contribution is 9.10. The highest BCUT2D eigenvalue weighted by atomic mass is 79.9. The van der Waals surface area contributed by atoms with Crippen molar-refractivity contribution in [1.29, 1.82) is 5.26 Å². The van der Waals surface area contributed by atoms with E-state index in [1.165, 1.54) is 34.9 Å². The van der Waals surface area contributed by atoms with Crippen LogP contribution in [0.3, 0.4) is 0 Å². The van der Waals surface area contributed by atoms with E-state index in [0.29, 0.717) is 33.9 Å². The summed E-state index contributed by atoms with van der Waals surface area (Å²) in [7, 11) is 0. The van der Waals surface area contributed by atoms with Gasteiger partial charge < -0.3 is 5.11 Å². The number of thioether (sulfide) groups is 1. The summed E-state index contributed by atoms with van der Waals surface area (Å²) >= 11 is 4.82. The van der Waals surface area contributed by atoms with Crippen LogP contribution in [-0.2, 0) is 11.8 Å². The topological polar surface area (TPSA) is 74.0 Å². The first-order chi connectivity index (χ1) is 18.2. The van der Waals surface area contributed by atoms with Gasteiger partial charge in [-0.25, -0.2) is 4.98 Å². The highest BCUT2D eigenvalue weighted by Gasteiger charge is 2.58. The number of benzene rings is 1. The van der Waals surface area contributed by atoms with Crippen LogP contribution < -0.4 is 0 Å². The van der Waals surface area contributed by atoms with Crippen molar-refractivity contribution in [1.82, 2.24) is 4.98 Å². The molecule has 1 heterocycles. The standard InChI is InChI=1S/C32H35BrN2O2S/c1-18-29-24(25(16-34)30(35-18)38-17-28(37)19-4-7-21(33)8-5-19)15-27-23-9-6-20-14-22(36)10-12-31(20,2)26(23)11-13-32(27,29)3/h4-8,22-23,26-27,36H,9-15,17H2,1-3H3/t22-,23-,26-,27-,31-,32-/m0/s1. The summed E-state index contributed by atoms with van der Waals surface area (Å²) in [6.45, 7) is 6.98. The number of carbonyl (C=O) groups is 1. The maximum absolute atomic E-state index is 12.9. The third kappa shape index (κ3) is 4.03. The van der Waals surface area contributed by atoms with Crippen LogP contribution in [0.15, 0.2) is 45.4 Å². The van der Waals surface area contributed by atoms with Gasteiger partial charge in [0.05, 0.1) is 17.4 Å². The number of aryl methyl sites for hydroxylation is 1. The van der Waals surface area contributed by atoms with Gasteiger partial charge in [-0.15, -0.1) is 0 Å². The number of nitriles is 1. The van der Waals surface area contributed by atoms with E-state index in [2.05, 4.69) is 48.8 Å². The lowest BCUT2D eigenvalue weighted by molar-refractivity contribution is -0.0164. The molecule has 1 N–H and O–H groups in total. The molecule has 1 aromatic heterocycles. The van der Waals surface area contributed by atoms with Gasteiger partial charge in [0.25, 0.3) is 0 Å². The number of hydrogen-bond donors (Lipinski definition) is 1. The van der Waals surface area contributed by atoms with Crippen LogP contribution >= 0.6 is 27.7 Å². The highest BCUT2D eigenvalue weighted by Crippen LogP contribution is 2.64. The zero-order valence-electron chi connectivity index (χ0n) is 22.4. The van der Waals surface area contributed by atoms with Crippen LogP contribution in [0, 0.1) is 41.4 Å². The summed E-state index contributed by atoms with van der Waals surface area (Å²) < 4.78 is 0.946. The predicted octanol–water partition coefficient (Wildman–Crippen LogP) is 7.34. The number of ketones is 1. The van der Waals surface area contributed by atoms with E-state index >= 15 is 0 Å². The Morgan fingerprint density at radius 2 is 1.89 bits per heavy atom. The van der Waals surface area contributed by atoms with Crippen LogP contribution in [0.25, 0.3) is 0 Å². The molecule has 2 aromatic rings. The fourth-order valence-corrected chi connectivity index (χ4v) is 9.85. The number of aliphatic hydroxyl groups excluding tert-OH is 1. The van der Waals surface area contributed by atoms with E-state index < -0.39 is 0 Å². The molecule has 1 aromatic carbocycles. The Kier molecular flexibility index (Phi) is 6.65. The number of fused-ring (bicyclic) bond motifs is 7. The third-order valence-corrected chi connectivity index (χ3v) is 12.0. The van der Waals surface area contributed by atoms with Crippen LogP contribution in [0.1, 0.15) is 85.1 Å². The second-order valence-electron chi connectivity index (χ2n) is 12.4. The number of pyridine rings is 1. The number of halogens is 1. The van der Waals surface area contributed by atoms with Crippen molar-refractivity contribution in [2.75, 3.05) is 5.75 Å². The Bertz CT molecular complexity index is 1380. The van der Waals surface area contributed by atoms with Gasteiger partial charge in [0, 0.05) is 15.7 Å². The molecule has 38 heavy (non-hydrogen) atoms. The molecule has 6 heteroatoms. The summed E-state index contributed by atoms with van der Waals surface area (Å²) in [5, 5.41) is 21.4. The number of nitrogens with zero attached hydrogens (tertiary/aromatic N) is 2. The van der Waals surface area contributed by atoms with Crippen molar-refractivity contribution in [3.63, 3.8) is 0 Å². The molecule has 2 fully saturated rings. The Labute approximate surface area is 238 Å². The first-order valence-corrected chi connectivity index (χ1v) is 15.7. The first-order valence-electron chi connectivity index (χ1n) is 13.9. The van der Waals surface area contributed by atoms with Gasteiger partial charge in [0.1, 0.15) is 11.1 Å². The van der Waals surface area contributed by atoms with Crippen LogP contribution in [-0.4, -0.2) is 27.7 Å². The van der Waals surface area contributed by atoms with Crippen molar-refractivity contribution in [3.8, 4) is 6.07 Å². The number of Topliss-reactive ketones (excluding diaryl/α,β-unsaturated/α-hetero) is 1. The zero-order chi connectivity index (χ0) is 26.8. The lowest BCUT2D eigenvalue weighted by atomic mass is 9.47. The molecular weight excluding hydrogens is 556 g/mol. The largest absolute Gasteiger partial charge is 0.393 e. The molecule has 0 aliphatic heterocycles. The summed E-state index contributed by atoms with van der Waals surface area (Å²) in [6, 6.07) is 9.94. The Balaban J connectivity index is 1.31. The maximum Gasteiger partial charge on any atom is 0.173 e. The lowest BCUT2D eigenvalue weighted by Crippen LogP contribution is -2.51. The van der Waals surface area contributed by atoms with Gasteiger partial charge in [0.15, 0.2) is 5.78 Å². The Morgan fingerprint density at radius 1 is 1.16 bits per heavy atom. The summed E-state index contributed by atoms with van der Waals surface area (Å²) in [5.41, 5.74) is 6.59. The Hall–Kier alpha value is -1.94. The van der Waals surface area contributed by atoms with Crippen molar-refractivity contribution in [2.24, 2.45) is 23.2 Å². The van der Waals surface area contributed by atoms with Crippen molar-refractivity contribution in [3.05, 3.63) is 68.3 Å². The van der Waals surface area contributed by atoms with Crippen LogP contribution in [0.4, 0.5) is 0 Å². The van der Waals surface area contributed by atoms with Gasteiger partial charge in [-0.2, -0.15) is 5.26 Å². The normalized spacial score (nSPS) is 33.3. The molecule has 0 spiro atoms. The fourth-order valence-electron chi connectivity index (χ4n) is 8.64. The van der Waals surface area contributed by atoms with Gasteiger partial charge in [0.2, 0.25) is 0 Å². The molecule has 0 unspecified atom stereocenters. The van der Waals surface area contributed by atoms with Crippen molar-refractivity contribution < 1.29 is 9.90 Å². The molecule has 0 bridgehead atoms. The van der Waals surface area contributed by atoms with Crippen LogP contribution in [0.2, 0.25) is 0 Å². The third-order valence-electron chi connectivity index (χ3n) is 10.5. The molecule has 198 valence electrons. The van der Waals surface area contributed by atoms with Crippen molar-refractivity contribution in [2.45, 2.75) is 82.3 Å². The molecule has 0 amide bonds. The molecule has 6 atom stereocenters. The second kappa shape index (κ2) is 9.61. The van der Waals surface area contributed by atoms with E-state index in [9.17, 15) is 15.2 Å². The van der Waals surface area contributed by atoms with Gasteiger partial charge >= 0.3 is 0 Å². The van der Waals surface area contributed by atoms with Gasteiger partial charge in [-0.1, -0.05) is 65.3 Å². The second-order valence-corrected chi connectivity index (χ2v) is 14.3. The van der Waals surface area contributed by atoms with E-state index in [1.54, 1.807) is 0 Å². The summed E-state index contributed by atoms with van der Waals surface area (Å²) in [5.74, 6) is 2.04. The minimum Gasteiger partial charge on any atom is -0.393 e. The quantitative estimate of drug-likeness (QED) is 0.229. The summed E-state index contributed by atoms with van der Waals surface area (Å²) in [4.78, 5) is 17.8. The predicted molar refractivity (Wildman–Crippen MR) is 154 cm³/mol. The van der Waals surface area contributed by atoms with Gasteiger partial charge in [-0.3, -0.25) is 4.79 Å². The molecule has 6 rings (SSSR count). The molecule has 4 aliphatic carbocycles. The SMILES string of the molecule is Cc1nc(SCC(=O)c2ccc(Br)cc2)c(C#N)c2c1[C@@]1(C)CC[C@H]3[C@H](CC=C4C[C@@H](O)CC[C@@]43C)[C@@H]1C2. The average molecular weight is 592 g/mol. The molecular formula is C32H35BrN2O2S. The number of hydrogen-bond acceptors (Lipinski definition) is 5. The summed E-state index contributed by atoms with van der Waals surface area (Å²) in [6.07, 6.45) is 9.42. The first kappa shape index (κ1) is 26.3. The minimum atomic E-state index is -0.186. The molecule has 2 saturated carbocycles. The molecule has 0 saturated heterocycles. The monoisotopic (exact) mass is 590 g/mol. The smallest absolute Gasteiger partial charge is 0.173 e. The van der Waals surface area contributed by atoms with Crippen LogP contribution in [0.5, 0.6) is 0 Å². The molecule has 4 aliphatic rings. The average Bonchev–Trinajstić information content (AvgIpc) is 3.22. The number of rotatable bonds is 4. The van der Waals surface area contributed by atoms with E-state index in [4.69, 9.17) is 4.98 Å². The maximum atomic E-state index is 12.9. The number of allylic oxidation sites excluding steroid dienone is 1. The van der Waals surface area contributed by atoms with E-state index in [1.807, 2.05) is 24.3 Å².